The van der Waals surface area contributed by atoms with Crippen LogP contribution in [0, 0.1) is 19.7 Å². The van der Waals surface area contributed by atoms with E-state index in [2.05, 4.69) is 5.32 Å². The van der Waals surface area contributed by atoms with Crippen LogP contribution in [0.5, 0.6) is 5.75 Å². The number of carbonyl (C=O) groups is 1. The summed E-state index contributed by atoms with van der Waals surface area (Å²) >= 11 is 0. The van der Waals surface area contributed by atoms with Crippen LogP contribution in [0.2, 0.25) is 0 Å². The van der Waals surface area contributed by atoms with Gasteiger partial charge in [-0.3, -0.25) is 0 Å². The van der Waals surface area contributed by atoms with E-state index in [1.54, 1.807) is 24.1 Å². The van der Waals surface area contributed by atoms with Crippen molar-refractivity contribution >= 4 is 21.8 Å². The van der Waals surface area contributed by atoms with Gasteiger partial charge in [0.25, 0.3) is 0 Å². The predicted molar refractivity (Wildman–Crippen MR) is 128 cm³/mol. The maximum Gasteiger partial charge on any atom is 0.339 e. The Kier molecular flexibility index (Phi) is 8.25. The molecule has 34 heavy (non-hydrogen) atoms. The molecule has 0 atom stereocenters. The van der Waals surface area contributed by atoms with Crippen LogP contribution in [-0.4, -0.2) is 39.6 Å². The van der Waals surface area contributed by atoms with Crippen molar-refractivity contribution in [2.75, 3.05) is 25.6 Å². The van der Waals surface area contributed by atoms with E-state index < -0.39 is 15.9 Å². The Morgan fingerprint density at radius 2 is 1.65 bits per heavy atom. The molecule has 0 aliphatic carbocycles. The van der Waals surface area contributed by atoms with Crippen molar-refractivity contribution in [3.05, 3.63) is 89.2 Å². The minimum atomic E-state index is -4.09. The van der Waals surface area contributed by atoms with Crippen molar-refractivity contribution in [1.29, 1.82) is 0 Å². The number of benzene rings is 3. The summed E-state index contributed by atoms with van der Waals surface area (Å²) in [7, 11) is -2.53. The van der Waals surface area contributed by atoms with Gasteiger partial charge in [-0.2, -0.15) is 8.42 Å². The number of ether oxygens (including phenoxy) is 1. The third-order valence-electron chi connectivity index (χ3n) is 5.22. The van der Waals surface area contributed by atoms with Crippen LogP contribution in [0.4, 0.5) is 14.9 Å². The molecule has 3 aromatic carbocycles. The lowest BCUT2D eigenvalue weighted by atomic mass is 10.1. The van der Waals surface area contributed by atoms with E-state index in [0.29, 0.717) is 18.8 Å². The van der Waals surface area contributed by atoms with Gasteiger partial charge in [0.15, 0.2) is 0 Å². The molecule has 0 saturated heterocycles. The molecule has 0 heterocycles. The summed E-state index contributed by atoms with van der Waals surface area (Å²) in [6, 6.07) is 16.2. The van der Waals surface area contributed by atoms with Gasteiger partial charge in [0, 0.05) is 25.9 Å². The maximum absolute atomic E-state index is 13.1. The van der Waals surface area contributed by atoms with Crippen molar-refractivity contribution in [3.8, 4) is 5.75 Å². The molecular formula is C25H27FN2O5S. The average Bonchev–Trinajstić information content (AvgIpc) is 2.80. The molecule has 3 aromatic rings. The molecule has 0 fully saturated rings. The van der Waals surface area contributed by atoms with Gasteiger partial charge in [0.2, 0.25) is 0 Å². The third-order valence-corrected chi connectivity index (χ3v) is 6.48. The van der Waals surface area contributed by atoms with Crippen LogP contribution >= 0.6 is 0 Å². The zero-order chi connectivity index (χ0) is 24.7. The lowest BCUT2D eigenvalue weighted by molar-refractivity contribution is 0.153. The molecule has 1 N–H and O–H groups in total. The summed E-state index contributed by atoms with van der Waals surface area (Å²) in [5.74, 6) is -0.432. The molecule has 0 aliphatic heterocycles. The van der Waals surface area contributed by atoms with E-state index in [-0.39, 0.29) is 23.2 Å². The quantitative estimate of drug-likeness (QED) is 0.435. The lowest BCUT2D eigenvalue weighted by Crippen LogP contribution is -2.36. The number of nitrogens with zero attached hydrogens (tertiary/aromatic N) is 1. The van der Waals surface area contributed by atoms with Crippen molar-refractivity contribution in [3.63, 3.8) is 0 Å². The first-order valence-corrected chi connectivity index (χ1v) is 12.0. The van der Waals surface area contributed by atoms with Gasteiger partial charge in [-0.1, -0.05) is 18.2 Å². The van der Waals surface area contributed by atoms with Crippen LogP contribution in [0.1, 0.15) is 16.7 Å². The highest BCUT2D eigenvalue weighted by molar-refractivity contribution is 7.87. The lowest BCUT2D eigenvalue weighted by Gasteiger charge is -2.23. The summed E-state index contributed by atoms with van der Waals surface area (Å²) < 4.78 is 48.1. The monoisotopic (exact) mass is 486 g/mol. The maximum atomic E-state index is 13.1. The standard InChI is InChI=1S/C25H27FN2O5S/c1-18-4-9-22(16-19(18)2)27-25(29)28(14-15-32-3)17-20-5-10-23(11-6-20)33-34(30,31)24-12-7-21(26)8-13-24/h4-13,16H,14-15,17H2,1-3H3,(H,27,29). The minimum absolute atomic E-state index is 0.107. The summed E-state index contributed by atoms with van der Waals surface area (Å²) in [6.45, 7) is 4.99. The number of urea groups is 1. The normalized spacial score (nSPS) is 11.2. The van der Waals surface area contributed by atoms with Gasteiger partial charge < -0.3 is 19.1 Å². The summed E-state index contributed by atoms with van der Waals surface area (Å²) in [6.07, 6.45) is 0. The molecule has 0 radical (unpaired) electrons. The van der Waals surface area contributed by atoms with E-state index in [0.717, 1.165) is 41.0 Å². The molecule has 2 amide bonds. The van der Waals surface area contributed by atoms with Crippen LogP contribution in [0.25, 0.3) is 0 Å². The SMILES string of the molecule is COCCN(Cc1ccc(OS(=O)(=O)c2ccc(F)cc2)cc1)C(=O)Nc1ccc(C)c(C)c1. The van der Waals surface area contributed by atoms with E-state index in [9.17, 15) is 17.6 Å². The van der Waals surface area contributed by atoms with E-state index in [1.165, 1.54) is 12.1 Å². The Bertz CT molecular complexity index is 1230. The Labute approximate surface area is 199 Å². The predicted octanol–water partition coefficient (Wildman–Crippen LogP) is 4.89. The molecule has 0 unspecified atom stereocenters. The minimum Gasteiger partial charge on any atom is -0.383 e. The largest absolute Gasteiger partial charge is 0.383 e. The number of nitrogens with one attached hydrogen (secondary N) is 1. The van der Waals surface area contributed by atoms with E-state index in [1.807, 2.05) is 32.0 Å². The zero-order valence-corrected chi connectivity index (χ0v) is 20.1. The highest BCUT2D eigenvalue weighted by Gasteiger charge is 2.18. The number of methoxy groups -OCH3 is 1. The van der Waals surface area contributed by atoms with Crippen molar-refractivity contribution < 1.29 is 26.5 Å². The molecule has 0 saturated carbocycles. The smallest absolute Gasteiger partial charge is 0.339 e. The first kappa shape index (κ1) is 25.2. The Morgan fingerprint density at radius 3 is 2.26 bits per heavy atom. The summed E-state index contributed by atoms with van der Waals surface area (Å²) in [5, 5.41) is 2.90. The Morgan fingerprint density at radius 1 is 0.971 bits per heavy atom. The molecule has 0 aromatic heterocycles. The molecule has 9 heteroatoms. The number of carbonyl (C=O) groups excluding carboxylic acids is 1. The number of amides is 2. The Balaban J connectivity index is 1.68. The number of hydrogen-bond acceptors (Lipinski definition) is 5. The Hall–Kier alpha value is -3.43. The fourth-order valence-corrected chi connectivity index (χ4v) is 4.05. The number of hydrogen-bond donors (Lipinski definition) is 1. The van der Waals surface area contributed by atoms with Crippen molar-refractivity contribution in [2.24, 2.45) is 0 Å². The van der Waals surface area contributed by atoms with Gasteiger partial charge in [-0.15, -0.1) is 0 Å². The fourth-order valence-electron chi connectivity index (χ4n) is 3.12. The van der Waals surface area contributed by atoms with Crippen LogP contribution in [-0.2, 0) is 21.4 Å². The van der Waals surface area contributed by atoms with Gasteiger partial charge in [0.05, 0.1) is 6.61 Å². The number of halogens is 1. The van der Waals surface area contributed by atoms with Gasteiger partial charge >= 0.3 is 16.1 Å². The van der Waals surface area contributed by atoms with Crippen LogP contribution in [0.3, 0.4) is 0 Å². The number of rotatable bonds is 9. The highest BCUT2D eigenvalue weighted by Crippen LogP contribution is 2.21. The molecule has 7 nitrogen and oxygen atoms in total. The molecular weight excluding hydrogens is 459 g/mol. The first-order valence-electron chi connectivity index (χ1n) is 10.6. The molecule has 180 valence electrons. The highest BCUT2D eigenvalue weighted by atomic mass is 32.2. The van der Waals surface area contributed by atoms with E-state index >= 15 is 0 Å². The third kappa shape index (κ3) is 6.79. The van der Waals surface area contributed by atoms with Crippen molar-refractivity contribution in [1.82, 2.24) is 4.90 Å². The summed E-state index contributed by atoms with van der Waals surface area (Å²) in [5.41, 5.74) is 3.69. The number of anilines is 1. The van der Waals surface area contributed by atoms with Crippen LogP contribution in [0.15, 0.2) is 71.6 Å². The zero-order valence-electron chi connectivity index (χ0n) is 19.2. The molecule has 3 rings (SSSR count). The molecule has 0 bridgehead atoms. The first-order chi connectivity index (χ1) is 16.2. The van der Waals surface area contributed by atoms with Gasteiger partial charge in [-0.05, 0) is 79.1 Å². The van der Waals surface area contributed by atoms with E-state index in [4.69, 9.17) is 8.92 Å². The topological polar surface area (TPSA) is 84.9 Å². The molecule has 0 aliphatic rings. The fraction of sp³-hybridized carbons (Fsp3) is 0.240. The second-order valence-electron chi connectivity index (χ2n) is 7.78. The average molecular weight is 487 g/mol. The van der Waals surface area contributed by atoms with Crippen LogP contribution < -0.4 is 9.50 Å². The summed E-state index contributed by atoms with van der Waals surface area (Å²) in [4.78, 5) is 14.3. The second-order valence-corrected chi connectivity index (χ2v) is 9.33. The van der Waals surface area contributed by atoms with Crippen molar-refractivity contribution in [2.45, 2.75) is 25.3 Å². The van der Waals surface area contributed by atoms with Gasteiger partial charge in [0.1, 0.15) is 16.5 Å². The molecule has 0 spiro atoms. The number of aryl methyl sites for hydroxylation is 2. The second kappa shape index (κ2) is 11.1. The van der Waals surface area contributed by atoms with Gasteiger partial charge in [-0.25, -0.2) is 9.18 Å².